The lowest BCUT2D eigenvalue weighted by molar-refractivity contribution is -0.137. The Bertz CT molecular complexity index is 606. The maximum Gasteiger partial charge on any atom is 0.416 e. The largest absolute Gasteiger partial charge is 0.416 e. The first-order valence-corrected chi connectivity index (χ1v) is 6.47. The van der Waals surface area contributed by atoms with Crippen molar-refractivity contribution in [2.75, 3.05) is 11.4 Å². The molecule has 0 spiro atoms. The van der Waals surface area contributed by atoms with Crippen LogP contribution in [0.2, 0.25) is 0 Å². The summed E-state index contributed by atoms with van der Waals surface area (Å²) in [4.78, 5) is 13.9. The van der Waals surface area contributed by atoms with Gasteiger partial charge in [-0.25, -0.2) is 0 Å². The fourth-order valence-corrected chi connectivity index (χ4v) is 2.01. The fraction of sp³-hybridized carbons (Fsp3) is 0.188. The van der Waals surface area contributed by atoms with Crippen molar-refractivity contribution >= 4 is 11.6 Å². The van der Waals surface area contributed by atoms with Crippen LogP contribution in [0, 0.1) is 0 Å². The van der Waals surface area contributed by atoms with Crippen LogP contribution >= 0.6 is 0 Å². The molecule has 0 radical (unpaired) electrons. The summed E-state index contributed by atoms with van der Waals surface area (Å²) in [6.45, 7) is 2.25. The maximum atomic E-state index is 12.5. The third kappa shape index (κ3) is 3.42. The number of rotatable bonds is 3. The van der Waals surface area contributed by atoms with Crippen LogP contribution in [0.15, 0.2) is 54.6 Å². The lowest BCUT2D eigenvalue weighted by atomic mass is 10.1. The summed E-state index contributed by atoms with van der Waals surface area (Å²) in [6, 6.07) is 13.3. The van der Waals surface area contributed by atoms with Gasteiger partial charge in [-0.3, -0.25) is 4.79 Å². The van der Waals surface area contributed by atoms with Crippen molar-refractivity contribution in [3.05, 3.63) is 65.7 Å². The molecule has 0 saturated heterocycles. The summed E-state index contributed by atoms with van der Waals surface area (Å²) in [5.74, 6) is -0.322. The van der Waals surface area contributed by atoms with E-state index in [4.69, 9.17) is 0 Å². The molecule has 0 N–H and O–H groups in total. The first-order chi connectivity index (χ1) is 9.93. The number of carbonyl (C=O) groups excluding carboxylic acids is 1. The lowest BCUT2D eigenvalue weighted by Gasteiger charge is -2.21. The minimum atomic E-state index is -4.40. The molecule has 2 rings (SSSR count). The Kier molecular flexibility index (Phi) is 4.31. The molecule has 0 bridgehead atoms. The maximum absolute atomic E-state index is 12.5. The van der Waals surface area contributed by atoms with Crippen LogP contribution in [0.1, 0.15) is 22.8 Å². The molecule has 0 heterocycles. The Hall–Kier alpha value is -2.30. The standard InChI is InChI=1S/C16H14F3NO/c1-2-20(14-6-4-3-5-7-14)15(21)12-8-10-13(11-9-12)16(17,18)19/h3-11H,2H2,1H3. The summed E-state index contributed by atoms with van der Waals surface area (Å²) < 4.78 is 37.5. The van der Waals surface area contributed by atoms with Gasteiger partial charge in [0.2, 0.25) is 0 Å². The summed E-state index contributed by atoms with van der Waals surface area (Å²) in [6.07, 6.45) is -4.40. The van der Waals surface area contributed by atoms with Gasteiger partial charge in [0, 0.05) is 17.8 Å². The Balaban J connectivity index is 2.26. The van der Waals surface area contributed by atoms with E-state index in [1.165, 1.54) is 17.0 Å². The van der Waals surface area contributed by atoms with Gasteiger partial charge in [-0.15, -0.1) is 0 Å². The number of hydrogen-bond acceptors (Lipinski definition) is 1. The van der Waals surface area contributed by atoms with Gasteiger partial charge in [-0.1, -0.05) is 18.2 Å². The van der Waals surface area contributed by atoms with Gasteiger partial charge in [-0.2, -0.15) is 13.2 Å². The second-order valence-corrected chi connectivity index (χ2v) is 4.46. The zero-order chi connectivity index (χ0) is 15.5. The molecule has 2 nitrogen and oxygen atoms in total. The molecule has 0 aliphatic rings. The highest BCUT2D eigenvalue weighted by Crippen LogP contribution is 2.29. The Labute approximate surface area is 120 Å². The van der Waals surface area contributed by atoms with E-state index in [1.54, 1.807) is 24.3 Å². The molecule has 21 heavy (non-hydrogen) atoms. The lowest BCUT2D eigenvalue weighted by Crippen LogP contribution is -2.30. The fourth-order valence-electron chi connectivity index (χ4n) is 2.01. The molecule has 2 aromatic rings. The van der Waals surface area contributed by atoms with Crippen LogP contribution in [-0.2, 0) is 6.18 Å². The van der Waals surface area contributed by atoms with E-state index in [1.807, 2.05) is 13.0 Å². The molecule has 0 fully saturated rings. The molecular weight excluding hydrogens is 279 g/mol. The van der Waals surface area contributed by atoms with Crippen molar-refractivity contribution in [1.29, 1.82) is 0 Å². The first-order valence-electron chi connectivity index (χ1n) is 6.47. The zero-order valence-electron chi connectivity index (χ0n) is 11.4. The van der Waals surface area contributed by atoms with Crippen LogP contribution in [0.5, 0.6) is 0 Å². The van der Waals surface area contributed by atoms with E-state index < -0.39 is 11.7 Å². The van der Waals surface area contributed by atoms with E-state index in [2.05, 4.69) is 0 Å². The zero-order valence-corrected chi connectivity index (χ0v) is 11.4. The Morgan fingerprint density at radius 1 is 1.00 bits per heavy atom. The molecule has 1 amide bonds. The van der Waals surface area contributed by atoms with Gasteiger partial charge in [0.05, 0.1) is 5.56 Å². The highest BCUT2D eigenvalue weighted by Gasteiger charge is 2.30. The average Bonchev–Trinajstić information content (AvgIpc) is 2.48. The normalized spacial score (nSPS) is 11.2. The smallest absolute Gasteiger partial charge is 0.309 e. The van der Waals surface area contributed by atoms with Crippen molar-refractivity contribution in [1.82, 2.24) is 0 Å². The number of nitrogens with zero attached hydrogens (tertiary/aromatic N) is 1. The topological polar surface area (TPSA) is 20.3 Å². The van der Waals surface area contributed by atoms with Gasteiger partial charge in [0.15, 0.2) is 0 Å². The summed E-state index contributed by atoms with van der Waals surface area (Å²) in [5.41, 5.74) is 0.181. The molecule has 0 unspecified atom stereocenters. The first kappa shape index (κ1) is 15.1. The molecule has 0 aromatic heterocycles. The van der Waals surface area contributed by atoms with Crippen LogP contribution in [-0.4, -0.2) is 12.5 Å². The van der Waals surface area contributed by atoms with E-state index in [0.717, 1.165) is 12.1 Å². The van der Waals surface area contributed by atoms with Crippen molar-refractivity contribution in [3.63, 3.8) is 0 Å². The number of amides is 1. The van der Waals surface area contributed by atoms with Gasteiger partial charge in [0.1, 0.15) is 0 Å². The van der Waals surface area contributed by atoms with Gasteiger partial charge in [0.25, 0.3) is 5.91 Å². The van der Waals surface area contributed by atoms with Crippen LogP contribution in [0.3, 0.4) is 0 Å². The molecule has 110 valence electrons. The highest BCUT2D eigenvalue weighted by molar-refractivity contribution is 6.06. The SMILES string of the molecule is CCN(C(=O)c1ccc(C(F)(F)F)cc1)c1ccccc1. The second kappa shape index (κ2) is 5.99. The number of hydrogen-bond donors (Lipinski definition) is 0. The second-order valence-electron chi connectivity index (χ2n) is 4.46. The van der Waals surface area contributed by atoms with Crippen molar-refractivity contribution < 1.29 is 18.0 Å². The van der Waals surface area contributed by atoms with Gasteiger partial charge in [-0.05, 0) is 43.3 Å². The molecule has 0 aliphatic carbocycles. The number of para-hydroxylation sites is 1. The van der Waals surface area contributed by atoms with E-state index in [9.17, 15) is 18.0 Å². The molecule has 0 atom stereocenters. The molecule has 0 aliphatic heterocycles. The number of anilines is 1. The minimum absolute atomic E-state index is 0.230. The van der Waals surface area contributed by atoms with E-state index >= 15 is 0 Å². The Morgan fingerprint density at radius 2 is 1.57 bits per heavy atom. The predicted molar refractivity (Wildman–Crippen MR) is 75.2 cm³/mol. The van der Waals surface area contributed by atoms with E-state index in [0.29, 0.717) is 12.2 Å². The van der Waals surface area contributed by atoms with E-state index in [-0.39, 0.29) is 11.5 Å². The number of halogens is 3. The molecule has 0 saturated carbocycles. The highest BCUT2D eigenvalue weighted by atomic mass is 19.4. The Morgan fingerprint density at radius 3 is 2.05 bits per heavy atom. The molecule has 2 aromatic carbocycles. The summed E-state index contributed by atoms with van der Waals surface area (Å²) >= 11 is 0. The van der Waals surface area contributed by atoms with Gasteiger partial charge < -0.3 is 4.90 Å². The quantitative estimate of drug-likeness (QED) is 0.822. The summed E-state index contributed by atoms with van der Waals surface area (Å²) in [5, 5.41) is 0. The number of benzene rings is 2. The third-order valence-electron chi connectivity index (χ3n) is 3.09. The minimum Gasteiger partial charge on any atom is -0.309 e. The van der Waals surface area contributed by atoms with Crippen molar-refractivity contribution in [2.24, 2.45) is 0 Å². The molecular formula is C16H14F3NO. The van der Waals surface area contributed by atoms with Crippen molar-refractivity contribution in [3.8, 4) is 0 Å². The predicted octanol–water partition coefficient (Wildman–Crippen LogP) is 4.37. The van der Waals surface area contributed by atoms with Crippen molar-refractivity contribution in [2.45, 2.75) is 13.1 Å². The summed E-state index contributed by atoms with van der Waals surface area (Å²) in [7, 11) is 0. The number of carbonyl (C=O) groups is 1. The van der Waals surface area contributed by atoms with Crippen LogP contribution in [0.4, 0.5) is 18.9 Å². The monoisotopic (exact) mass is 293 g/mol. The van der Waals surface area contributed by atoms with Crippen LogP contribution in [0.25, 0.3) is 0 Å². The third-order valence-corrected chi connectivity index (χ3v) is 3.09. The van der Waals surface area contributed by atoms with Gasteiger partial charge >= 0.3 is 6.18 Å². The molecule has 5 heteroatoms. The van der Waals surface area contributed by atoms with Crippen LogP contribution < -0.4 is 4.90 Å². The average molecular weight is 293 g/mol. The number of alkyl halides is 3.